The van der Waals surface area contributed by atoms with Crippen LogP contribution in [0.25, 0.3) is 6.08 Å². The lowest BCUT2D eigenvalue weighted by molar-refractivity contribution is -0.122. The Labute approximate surface area is 210 Å². The molecule has 0 aliphatic carbocycles. The van der Waals surface area contributed by atoms with E-state index in [1.165, 1.54) is 6.08 Å². The van der Waals surface area contributed by atoms with Gasteiger partial charge in [0.15, 0.2) is 0 Å². The van der Waals surface area contributed by atoms with Crippen LogP contribution >= 0.6 is 0 Å². The van der Waals surface area contributed by atoms with Crippen LogP contribution in [0.3, 0.4) is 0 Å². The number of amides is 4. The fourth-order valence-corrected chi connectivity index (χ4v) is 4.25. The summed E-state index contributed by atoms with van der Waals surface area (Å²) < 4.78 is 6.06. The second-order valence-electron chi connectivity index (χ2n) is 8.94. The van der Waals surface area contributed by atoms with Crippen LogP contribution in [0.1, 0.15) is 33.4 Å². The Bertz CT molecular complexity index is 1380. The molecular formula is C30H28N2O4. The van der Waals surface area contributed by atoms with Crippen molar-refractivity contribution in [2.75, 3.05) is 4.90 Å². The molecule has 0 atom stereocenters. The second-order valence-corrected chi connectivity index (χ2v) is 8.94. The van der Waals surface area contributed by atoms with E-state index in [2.05, 4.69) is 18.0 Å². The Hall–Kier alpha value is -4.45. The van der Waals surface area contributed by atoms with Crippen molar-refractivity contribution >= 4 is 29.6 Å². The van der Waals surface area contributed by atoms with E-state index in [1.807, 2.05) is 57.2 Å². The fourth-order valence-electron chi connectivity index (χ4n) is 4.25. The van der Waals surface area contributed by atoms with Crippen molar-refractivity contribution < 1.29 is 19.1 Å². The van der Waals surface area contributed by atoms with Crippen LogP contribution in [-0.2, 0) is 22.6 Å². The van der Waals surface area contributed by atoms with E-state index in [-0.39, 0.29) is 5.57 Å². The summed E-state index contributed by atoms with van der Waals surface area (Å²) in [5, 5.41) is 2.28. The molecule has 1 saturated heterocycles. The molecule has 1 aliphatic rings. The molecule has 0 spiro atoms. The lowest BCUT2D eigenvalue weighted by atomic mass is 10.0. The number of aryl methyl sites for hydroxylation is 3. The van der Waals surface area contributed by atoms with Crippen molar-refractivity contribution in [2.45, 2.75) is 33.8 Å². The van der Waals surface area contributed by atoms with Crippen molar-refractivity contribution in [1.82, 2.24) is 5.32 Å². The number of ether oxygens (including phenoxy) is 1. The number of imide groups is 2. The number of hydrogen-bond donors (Lipinski definition) is 1. The van der Waals surface area contributed by atoms with E-state index in [0.29, 0.717) is 30.0 Å². The number of barbiturate groups is 1. The summed E-state index contributed by atoms with van der Waals surface area (Å²) in [4.78, 5) is 39.4. The predicted octanol–water partition coefficient (Wildman–Crippen LogP) is 5.59. The van der Waals surface area contributed by atoms with E-state index in [4.69, 9.17) is 4.74 Å². The molecule has 6 nitrogen and oxygen atoms in total. The molecule has 0 bridgehead atoms. The first-order valence-corrected chi connectivity index (χ1v) is 11.7. The number of allylic oxidation sites excluding steroid dienone is 1. The van der Waals surface area contributed by atoms with Gasteiger partial charge < -0.3 is 4.74 Å². The molecule has 4 amide bonds. The first-order chi connectivity index (χ1) is 17.2. The van der Waals surface area contributed by atoms with E-state index in [0.717, 1.165) is 32.7 Å². The molecule has 1 fully saturated rings. The summed E-state index contributed by atoms with van der Waals surface area (Å²) in [6.45, 7) is 10.0. The van der Waals surface area contributed by atoms with Crippen LogP contribution < -0.4 is 15.0 Å². The molecule has 3 aromatic carbocycles. The Morgan fingerprint density at radius 1 is 0.917 bits per heavy atom. The van der Waals surface area contributed by atoms with Crippen molar-refractivity contribution in [1.29, 1.82) is 0 Å². The van der Waals surface area contributed by atoms with Crippen molar-refractivity contribution in [3.63, 3.8) is 0 Å². The molecule has 1 heterocycles. The van der Waals surface area contributed by atoms with E-state index in [9.17, 15) is 14.4 Å². The molecule has 4 rings (SSSR count). The van der Waals surface area contributed by atoms with Crippen LogP contribution in [0.15, 0.2) is 78.9 Å². The Kier molecular flexibility index (Phi) is 7.15. The fraction of sp³-hybridized carbons (Fsp3) is 0.167. The van der Waals surface area contributed by atoms with Gasteiger partial charge in [-0.1, -0.05) is 48.0 Å². The molecule has 0 unspecified atom stereocenters. The minimum Gasteiger partial charge on any atom is -0.489 e. The maximum Gasteiger partial charge on any atom is 0.335 e. The SMILES string of the molecule is C=CCc1cc(/C=C2\C(=O)NC(=O)N(c3cc(C)cc(C)c3)C2=O)ccc1OCc1cccc(C)c1. The zero-order chi connectivity index (χ0) is 25.8. The summed E-state index contributed by atoms with van der Waals surface area (Å²) in [6, 6.07) is 18.2. The summed E-state index contributed by atoms with van der Waals surface area (Å²) in [5.41, 5.74) is 5.85. The Balaban J connectivity index is 1.63. The lowest BCUT2D eigenvalue weighted by Gasteiger charge is -2.27. The normalized spacial score (nSPS) is 14.7. The minimum atomic E-state index is -0.764. The number of anilines is 1. The zero-order valence-electron chi connectivity index (χ0n) is 20.6. The highest BCUT2D eigenvalue weighted by Gasteiger charge is 2.37. The second kappa shape index (κ2) is 10.4. The van der Waals surface area contributed by atoms with Crippen molar-refractivity contribution in [2.24, 2.45) is 0 Å². The highest BCUT2D eigenvalue weighted by Crippen LogP contribution is 2.27. The molecule has 3 aromatic rings. The third kappa shape index (κ3) is 5.44. The summed E-state index contributed by atoms with van der Waals surface area (Å²) in [7, 11) is 0. The van der Waals surface area contributed by atoms with Gasteiger partial charge in [0.25, 0.3) is 11.8 Å². The van der Waals surface area contributed by atoms with Gasteiger partial charge in [-0.3, -0.25) is 14.9 Å². The number of urea groups is 1. The van der Waals surface area contributed by atoms with Gasteiger partial charge in [0.05, 0.1) is 5.69 Å². The van der Waals surface area contributed by atoms with E-state index < -0.39 is 17.8 Å². The summed E-state index contributed by atoms with van der Waals surface area (Å²) in [6.07, 6.45) is 3.81. The number of carbonyl (C=O) groups is 3. The van der Waals surface area contributed by atoms with Gasteiger partial charge in [0.1, 0.15) is 17.9 Å². The smallest absolute Gasteiger partial charge is 0.335 e. The van der Waals surface area contributed by atoms with Crippen LogP contribution in [0.5, 0.6) is 5.75 Å². The van der Waals surface area contributed by atoms with E-state index >= 15 is 0 Å². The number of carbonyl (C=O) groups excluding carboxylic acids is 3. The quantitative estimate of drug-likeness (QED) is 0.272. The minimum absolute atomic E-state index is 0.119. The van der Waals surface area contributed by atoms with Gasteiger partial charge in [-0.05, 0) is 85.4 Å². The average molecular weight is 481 g/mol. The third-order valence-corrected chi connectivity index (χ3v) is 5.80. The van der Waals surface area contributed by atoms with Crippen LogP contribution in [0, 0.1) is 20.8 Å². The van der Waals surface area contributed by atoms with Crippen molar-refractivity contribution in [3.8, 4) is 5.75 Å². The summed E-state index contributed by atoms with van der Waals surface area (Å²) in [5.74, 6) is -0.695. The first-order valence-electron chi connectivity index (χ1n) is 11.7. The number of nitrogens with one attached hydrogen (secondary N) is 1. The van der Waals surface area contributed by atoms with E-state index in [1.54, 1.807) is 24.3 Å². The Morgan fingerprint density at radius 3 is 2.36 bits per heavy atom. The topological polar surface area (TPSA) is 75.7 Å². The molecule has 0 saturated carbocycles. The first kappa shape index (κ1) is 24.7. The summed E-state index contributed by atoms with van der Waals surface area (Å²) >= 11 is 0. The molecule has 0 aromatic heterocycles. The maximum absolute atomic E-state index is 13.3. The molecular weight excluding hydrogens is 452 g/mol. The zero-order valence-corrected chi connectivity index (χ0v) is 20.6. The molecule has 182 valence electrons. The largest absolute Gasteiger partial charge is 0.489 e. The van der Waals surface area contributed by atoms with Crippen molar-refractivity contribution in [3.05, 3.63) is 112 Å². The molecule has 1 N–H and O–H groups in total. The highest BCUT2D eigenvalue weighted by atomic mass is 16.5. The lowest BCUT2D eigenvalue weighted by Crippen LogP contribution is -2.54. The number of nitrogens with zero attached hydrogens (tertiary/aromatic N) is 1. The van der Waals surface area contributed by atoms with Crippen LogP contribution in [0.4, 0.5) is 10.5 Å². The highest BCUT2D eigenvalue weighted by molar-refractivity contribution is 6.39. The van der Waals surface area contributed by atoms with Crippen LogP contribution in [-0.4, -0.2) is 17.8 Å². The number of rotatable bonds is 7. The molecule has 1 aliphatic heterocycles. The van der Waals surface area contributed by atoms with Gasteiger partial charge in [-0.25, -0.2) is 9.69 Å². The van der Waals surface area contributed by atoms with Gasteiger partial charge >= 0.3 is 6.03 Å². The maximum atomic E-state index is 13.3. The predicted molar refractivity (Wildman–Crippen MR) is 141 cm³/mol. The molecule has 0 radical (unpaired) electrons. The monoisotopic (exact) mass is 480 g/mol. The molecule has 36 heavy (non-hydrogen) atoms. The standard InChI is InChI=1S/C30H28N2O4/c1-5-7-24-16-22(10-11-27(24)36-18-23-9-6-8-19(2)13-23)17-26-28(33)31-30(35)32(29(26)34)25-14-20(3)12-21(4)15-25/h5-6,8-17H,1,7,18H2,2-4H3,(H,31,33,35)/b26-17+. The van der Waals surface area contributed by atoms with Crippen LogP contribution in [0.2, 0.25) is 0 Å². The number of hydrogen-bond acceptors (Lipinski definition) is 4. The Morgan fingerprint density at radius 2 is 1.67 bits per heavy atom. The van der Waals surface area contributed by atoms with Gasteiger partial charge in [0.2, 0.25) is 0 Å². The van der Waals surface area contributed by atoms with Gasteiger partial charge in [-0.15, -0.1) is 6.58 Å². The van der Waals surface area contributed by atoms with Gasteiger partial charge in [-0.2, -0.15) is 0 Å². The number of benzene rings is 3. The third-order valence-electron chi connectivity index (χ3n) is 5.80. The average Bonchev–Trinajstić information content (AvgIpc) is 2.81. The molecule has 6 heteroatoms. The van der Waals surface area contributed by atoms with Gasteiger partial charge in [0, 0.05) is 0 Å².